The molecule has 1 aromatic carbocycles. The van der Waals surface area contributed by atoms with Crippen LogP contribution in [0, 0.1) is 6.92 Å². The van der Waals surface area contributed by atoms with E-state index in [9.17, 15) is 13.2 Å². The minimum Gasteiger partial charge on any atom is -0.475 e. The molecule has 0 amide bonds. The summed E-state index contributed by atoms with van der Waals surface area (Å²) in [6.45, 7) is 6.07. The van der Waals surface area contributed by atoms with Crippen molar-refractivity contribution in [3.8, 4) is 0 Å². The zero-order valence-corrected chi connectivity index (χ0v) is 18.2. The van der Waals surface area contributed by atoms with Crippen LogP contribution in [-0.4, -0.2) is 63.3 Å². The zero-order valence-electron chi connectivity index (χ0n) is 18.2. The predicted octanol–water partition coefficient (Wildman–Crippen LogP) is 3.60. The molecule has 0 bridgehead atoms. The molecular formula is C22H29F3N4O3. The van der Waals surface area contributed by atoms with Gasteiger partial charge in [-0.3, -0.25) is 9.58 Å². The number of aliphatic carboxylic acids is 1. The molecule has 4 rings (SSSR count). The average molecular weight is 454 g/mol. The quantitative estimate of drug-likeness (QED) is 0.735. The van der Waals surface area contributed by atoms with Crippen LogP contribution in [0.4, 0.5) is 18.9 Å². The monoisotopic (exact) mass is 454 g/mol. The lowest BCUT2D eigenvalue weighted by Gasteiger charge is -2.39. The van der Waals surface area contributed by atoms with Crippen molar-refractivity contribution in [1.82, 2.24) is 14.7 Å². The van der Waals surface area contributed by atoms with E-state index in [0.717, 1.165) is 32.7 Å². The Kier molecular flexibility index (Phi) is 7.45. The summed E-state index contributed by atoms with van der Waals surface area (Å²) in [5.41, 5.74) is 3.79. The highest BCUT2D eigenvalue weighted by Crippen LogP contribution is 2.36. The molecule has 2 fully saturated rings. The number of alkyl halides is 3. The van der Waals surface area contributed by atoms with E-state index in [-0.39, 0.29) is 5.60 Å². The van der Waals surface area contributed by atoms with Gasteiger partial charge in [0.25, 0.3) is 0 Å². The number of hydrogen-bond donors (Lipinski definition) is 2. The van der Waals surface area contributed by atoms with Gasteiger partial charge in [-0.25, -0.2) is 4.79 Å². The molecule has 7 nitrogen and oxygen atoms in total. The first kappa shape index (κ1) is 24.1. The summed E-state index contributed by atoms with van der Waals surface area (Å²) >= 11 is 0. The van der Waals surface area contributed by atoms with E-state index in [2.05, 4.69) is 52.7 Å². The minimum atomic E-state index is -5.08. The van der Waals surface area contributed by atoms with Crippen molar-refractivity contribution in [2.75, 3.05) is 25.0 Å². The topological polar surface area (TPSA) is 79.6 Å². The van der Waals surface area contributed by atoms with Crippen LogP contribution in [0.2, 0.25) is 0 Å². The summed E-state index contributed by atoms with van der Waals surface area (Å²) in [6.07, 6.45) is 2.46. The average Bonchev–Trinajstić information content (AvgIpc) is 3.27. The number of halogens is 3. The number of anilines is 1. The van der Waals surface area contributed by atoms with Gasteiger partial charge >= 0.3 is 12.1 Å². The molecule has 32 heavy (non-hydrogen) atoms. The van der Waals surface area contributed by atoms with Gasteiger partial charge in [-0.2, -0.15) is 18.3 Å². The summed E-state index contributed by atoms with van der Waals surface area (Å²) in [5.74, 6) is -2.76. The number of carboxylic acids is 1. The molecule has 2 aliphatic rings. The van der Waals surface area contributed by atoms with Crippen molar-refractivity contribution in [3.05, 3.63) is 47.8 Å². The van der Waals surface area contributed by atoms with Crippen LogP contribution in [-0.2, 0) is 23.1 Å². The van der Waals surface area contributed by atoms with Crippen LogP contribution in [0.25, 0.3) is 0 Å². The number of carbonyl (C=O) groups is 1. The fourth-order valence-corrected chi connectivity index (χ4v) is 4.33. The number of hydrogen-bond acceptors (Lipinski definition) is 5. The van der Waals surface area contributed by atoms with Crippen molar-refractivity contribution in [2.45, 2.75) is 50.6 Å². The van der Waals surface area contributed by atoms with Crippen LogP contribution >= 0.6 is 0 Å². The molecule has 1 spiro atoms. The molecule has 2 saturated heterocycles. The molecule has 2 aliphatic heterocycles. The van der Waals surface area contributed by atoms with Crippen LogP contribution < -0.4 is 5.32 Å². The van der Waals surface area contributed by atoms with Gasteiger partial charge in [-0.05, 0) is 50.4 Å². The van der Waals surface area contributed by atoms with Gasteiger partial charge < -0.3 is 15.2 Å². The fraction of sp³-hybridized carbons (Fsp3) is 0.545. The Morgan fingerprint density at radius 2 is 2.16 bits per heavy atom. The molecule has 3 heterocycles. The van der Waals surface area contributed by atoms with Crippen molar-refractivity contribution in [1.29, 1.82) is 0 Å². The third-order valence-electron chi connectivity index (χ3n) is 5.62. The maximum Gasteiger partial charge on any atom is 0.490 e. The number of nitrogens with one attached hydrogen (secondary N) is 1. The molecule has 2 N–H and O–H groups in total. The standard InChI is InChI=1S/C20H28N4O.C2HF3O2/c1-16-5-3-6-18(9-16)22-19-10-20(25-14-19)7-4-8-24(15-20)13-17-11-21-23(2)12-17;3-2(4,5)1(6)7/h3,5-6,9,11-12,19,22H,4,7-8,10,13-15H2,1-2H3;(H,6,7). The van der Waals surface area contributed by atoms with Crippen molar-refractivity contribution in [3.63, 3.8) is 0 Å². The highest BCUT2D eigenvalue weighted by molar-refractivity contribution is 5.73. The third-order valence-corrected chi connectivity index (χ3v) is 5.62. The molecule has 10 heteroatoms. The number of likely N-dealkylation sites (tertiary alicyclic amines) is 1. The van der Waals surface area contributed by atoms with Gasteiger partial charge in [0.05, 0.1) is 24.4 Å². The number of aryl methyl sites for hydroxylation is 2. The van der Waals surface area contributed by atoms with Gasteiger partial charge in [0.1, 0.15) is 0 Å². The van der Waals surface area contributed by atoms with Crippen LogP contribution in [0.5, 0.6) is 0 Å². The molecule has 2 unspecified atom stereocenters. The van der Waals surface area contributed by atoms with Crippen LogP contribution in [0.1, 0.15) is 30.4 Å². The van der Waals surface area contributed by atoms with E-state index >= 15 is 0 Å². The van der Waals surface area contributed by atoms with Gasteiger partial charge in [-0.15, -0.1) is 0 Å². The first-order valence-corrected chi connectivity index (χ1v) is 10.5. The summed E-state index contributed by atoms with van der Waals surface area (Å²) in [5, 5.41) is 15.1. The summed E-state index contributed by atoms with van der Waals surface area (Å²) in [7, 11) is 1.98. The Morgan fingerprint density at radius 3 is 2.78 bits per heavy atom. The van der Waals surface area contributed by atoms with E-state index in [0.29, 0.717) is 6.04 Å². The number of rotatable bonds is 4. The predicted molar refractivity (Wildman–Crippen MR) is 113 cm³/mol. The lowest BCUT2D eigenvalue weighted by atomic mass is 9.88. The van der Waals surface area contributed by atoms with Gasteiger partial charge in [-0.1, -0.05) is 12.1 Å². The van der Waals surface area contributed by atoms with E-state index in [4.69, 9.17) is 14.6 Å². The summed E-state index contributed by atoms with van der Waals surface area (Å²) in [6, 6.07) is 9.00. The molecular weight excluding hydrogens is 425 g/mol. The number of nitrogens with zero attached hydrogens (tertiary/aromatic N) is 3. The van der Waals surface area contributed by atoms with E-state index in [1.165, 1.54) is 29.7 Å². The first-order valence-electron chi connectivity index (χ1n) is 10.5. The smallest absolute Gasteiger partial charge is 0.475 e. The number of aromatic nitrogens is 2. The second-order valence-electron chi connectivity index (χ2n) is 8.55. The zero-order chi connectivity index (χ0) is 23.4. The SMILES string of the molecule is Cc1cccc(NC2COC3(CCCN(Cc4cnn(C)c4)C3)C2)c1.O=C(O)C(F)(F)F. The van der Waals surface area contributed by atoms with Gasteiger partial charge in [0, 0.05) is 37.6 Å². The van der Waals surface area contributed by atoms with Crippen molar-refractivity contribution < 1.29 is 27.8 Å². The lowest BCUT2D eigenvalue weighted by Crippen LogP contribution is -2.47. The Balaban J connectivity index is 0.000000360. The Hall–Kier alpha value is -2.59. The fourth-order valence-electron chi connectivity index (χ4n) is 4.33. The highest BCUT2D eigenvalue weighted by atomic mass is 19.4. The van der Waals surface area contributed by atoms with Crippen molar-refractivity contribution in [2.24, 2.45) is 7.05 Å². The van der Waals surface area contributed by atoms with E-state index < -0.39 is 12.1 Å². The largest absolute Gasteiger partial charge is 0.490 e. The molecule has 0 saturated carbocycles. The maximum atomic E-state index is 10.6. The van der Waals surface area contributed by atoms with Gasteiger partial charge in [0.2, 0.25) is 0 Å². The van der Waals surface area contributed by atoms with Crippen LogP contribution in [0.15, 0.2) is 36.7 Å². The Labute approximate surface area is 185 Å². The Morgan fingerprint density at radius 1 is 1.41 bits per heavy atom. The summed E-state index contributed by atoms with van der Waals surface area (Å²) < 4.78 is 40.0. The molecule has 0 radical (unpaired) electrons. The minimum absolute atomic E-state index is 0.0158. The molecule has 1 aromatic heterocycles. The normalized spacial score (nSPS) is 23.6. The molecule has 2 aromatic rings. The lowest BCUT2D eigenvalue weighted by molar-refractivity contribution is -0.192. The second kappa shape index (κ2) is 9.91. The second-order valence-corrected chi connectivity index (χ2v) is 8.55. The first-order chi connectivity index (χ1) is 15.0. The third kappa shape index (κ3) is 6.70. The van der Waals surface area contributed by atoms with Crippen molar-refractivity contribution >= 4 is 11.7 Å². The number of ether oxygens (including phenoxy) is 1. The molecule has 0 aliphatic carbocycles. The number of piperidine rings is 1. The van der Waals surface area contributed by atoms with E-state index in [1.54, 1.807) is 0 Å². The highest BCUT2D eigenvalue weighted by Gasteiger charge is 2.43. The molecule has 176 valence electrons. The maximum absolute atomic E-state index is 10.6. The molecule has 2 atom stereocenters. The van der Waals surface area contributed by atoms with Gasteiger partial charge in [0.15, 0.2) is 0 Å². The van der Waals surface area contributed by atoms with E-state index in [1.807, 2.05) is 17.9 Å². The number of carboxylic acid groups (broad SMARTS) is 1. The van der Waals surface area contributed by atoms with Crippen LogP contribution in [0.3, 0.4) is 0 Å². The number of benzene rings is 1. The Bertz CT molecular complexity index is 918. The summed E-state index contributed by atoms with van der Waals surface area (Å²) in [4.78, 5) is 11.4.